The number of anilines is 1. The zero-order valence-electron chi connectivity index (χ0n) is 18.4. The molecular weight excluding hydrogens is 414 g/mol. The average Bonchev–Trinajstić information content (AvgIpc) is 3.20. The number of rotatable bonds is 5. The van der Waals surface area contributed by atoms with E-state index >= 15 is 0 Å². The van der Waals surface area contributed by atoms with Crippen LogP contribution in [0.2, 0.25) is 0 Å². The molecule has 1 aliphatic heterocycles. The molecule has 2 saturated carbocycles. The molecule has 5 nitrogen and oxygen atoms in total. The van der Waals surface area contributed by atoms with Crippen molar-refractivity contribution in [3.8, 4) is 27.8 Å². The Morgan fingerprint density at radius 2 is 1.72 bits per heavy atom. The van der Waals surface area contributed by atoms with Gasteiger partial charge in [-0.2, -0.15) is 10.4 Å². The van der Waals surface area contributed by atoms with E-state index in [1.807, 2.05) is 30.5 Å². The molecule has 0 spiro atoms. The first-order valence-electron chi connectivity index (χ1n) is 12.1. The van der Waals surface area contributed by atoms with Crippen LogP contribution in [-0.4, -0.2) is 27.9 Å². The molecule has 2 atom stereocenters. The molecule has 1 aromatic carbocycles. The molecule has 0 bridgehead atoms. The molecule has 0 N–H and O–H groups in total. The van der Waals surface area contributed by atoms with E-state index in [0.29, 0.717) is 5.56 Å². The lowest BCUT2D eigenvalue weighted by Crippen LogP contribution is -2.24. The van der Waals surface area contributed by atoms with Crippen LogP contribution in [0.1, 0.15) is 50.5 Å². The fourth-order valence-electron chi connectivity index (χ4n) is 5.50. The third-order valence-corrected chi connectivity index (χ3v) is 8.73. The van der Waals surface area contributed by atoms with Crippen molar-refractivity contribution in [2.75, 3.05) is 18.0 Å². The van der Waals surface area contributed by atoms with E-state index in [0.717, 1.165) is 59.3 Å². The summed E-state index contributed by atoms with van der Waals surface area (Å²) in [6, 6.07) is 10.1. The van der Waals surface area contributed by atoms with E-state index in [9.17, 15) is 5.26 Å². The van der Waals surface area contributed by atoms with Crippen LogP contribution < -0.4 is 4.90 Å². The van der Waals surface area contributed by atoms with Crippen molar-refractivity contribution in [3.05, 3.63) is 42.2 Å². The monoisotopic (exact) mass is 443 g/mol. The summed E-state index contributed by atoms with van der Waals surface area (Å²) in [7, 11) is 0. The van der Waals surface area contributed by atoms with Gasteiger partial charge in [0.05, 0.1) is 28.4 Å². The maximum absolute atomic E-state index is 9.20. The summed E-state index contributed by atoms with van der Waals surface area (Å²) in [5, 5.41) is 15.0. The maximum atomic E-state index is 9.20. The molecule has 164 valence electrons. The summed E-state index contributed by atoms with van der Waals surface area (Å²) in [5.74, 6) is 2.63. The van der Waals surface area contributed by atoms with Gasteiger partial charge in [-0.15, -0.1) is 0 Å². The summed E-state index contributed by atoms with van der Waals surface area (Å²) in [5.41, 5.74) is 3.93. The van der Waals surface area contributed by atoms with Crippen molar-refractivity contribution in [2.45, 2.75) is 51.5 Å². The van der Waals surface area contributed by atoms with Crippen molar-refractivity contribution in [1.29, 1.82) is 5.26 Å². The number of hydrogen-bond donors (Lipinski definition) is 0. The van der Waals surface area contributed by atoms with Crippen molar-refractivity contribution in [3.63, 3.8) is 0 Å². The molecule has 3 heterocycles. The van der Waals surface area contributed by atoms with Crippen LogP contribution in [0, 0.1) is 29.1 Å². The normalized spacial score (nSPS) is 23.0. The van der Waals surface area contributed by atoms with Crippen molar-refractivity contribution >= 4 is 16.5 Å². The van der Waals surface area contributed by atoms with E-state index in [2.05, 4.69) is 26.9 Å². The lowest BCUT2D eigenvalue weighted by Gasteiger charge is -2.19. The minimum absolute atomic E-state index is 0.682. The molecule has 2 aromatic heterocycles. The Labute approximate surface area is 193 Å². The second-order valence-electron chi connectivity index (χ2n) is 9.77. The highest BCUT2D eigenvalue weighted by molar-refractivity contribution is 7.19. The highest BCUT2D eigenvalue weighted by atomic mass is 32.1. The van der Waals surface area contributed by atoms with Gasteiger partial charge in [0.25, 0.3) is 0 Å². The Hall–Kier alpha value is -2.65. The van der Waals surface area contributed by atoms with E-state index < -0.39 is 0 Å². The first-order valence-corrected chi connectivity index (χ1v) is 12.9. The standard InChI is InChI=1S/C26H29N5S/c27-14-18-6-8-22(9-7-18)24-25(23-15-28-31(17-23)16-19-4-5-19)32-26(29-24)30-12-10-20-2-1-3-21(20)11-13-30/h6-9,15,17,19-21H,1-5,10-13,16H2/t20-,21+. The molecule has 3 aliphatic rings. The number of thiazole rings is 1. The predicted octanol–water partition coefficient (Wildman–Crippen LogP) is 5.97. The summed E-state index contributed by atoms with van der Waals surface area (Å²) in [6.07, 6.45) is 13.7. The first kappa shape index (κ1) is 20.0. The van der Waals surface area contributed by atoms with Gasteiger partial charge in [-0.3, -0.25) is 4.68 Å². The SMILES string of the molecule is N#Cc1ccc(-c2nc(N3CC[C@H]4CCC[C@H]4CC3)sc2-c2cnn(CC3CC3)c2)cc1. The van der Waals surface area contributed by atoms with E-state index in [4.69, 9.17) is 4.98 Å². The van der Waals surface area contributed by atoms with Crippen LogP contribution in [-0.2, 0) is 6.54 Å². The topological polar surface area (TPSA) is 57.7 Å². The molecule has 1 saturated heterocycles. The van der Waals surface area contributed by atoms with Gasteiger partial charge in [0, 0.05) is 37.0 Å². The number of nitriles is 1. The molecule has 6 heteroatoms. The summed E-state index contributed by atoms with van der Waals surface area (Å²) in [6.45, 7) is 3.25. The molecule has 3 aromatic rings. The Morgan fingerprint density at radius 1 is 0.969 bits per heavy atom. The summed E-state index contributed by atoms with van der Waals surface area (Å²) < 4.78 is 2.10. The smallest absolute Gasteiger partial charge is 0.186 e. The van der Waals surface area contributed by atoms with E-state index in [1.165, 1.54) is 49.8 Å². The largest absolute Gasteiger partial charge is 0.348 e. The number of benzene rings is 1. The summed E-state index contributed by atoms with van der Waals surface area (Å²) in [4.78, 5) is 8.89. The molecule has 3 fully saturated rings. The lowest BCUT2D eigenvalue weighted by atomic mass is 9.92. The predicted molar refractivity (Wildman–Crippen MR) is 128 cm³/mol. The Morgan fingerprint density at radius 3 is 2.41 bits per heavy atom. The fourth-order valence-corrected chi connectivity index (χ4v) is 6.62. The average molecular weight is 444 g/mol. The van der Waals surface area contributed by atoms with Gasteiger partial charge in [0.2, 0.25) is 0 Å². The van der Waals surface area contributed by atoms with Crippen LogP contribution in [0.25, 0.3) is 21.7 Å². The van der Waals surface area contributed by atoms with Crippen molar-refractivity contribution in [2.24, 2.45) is 17.8 Å². The van der Waals surface area contributed by atoms with Crippen LogP contribution in [0.15, 0.2) is 36.7 Å². The Balaban J connectivity index is 1.34. The fraction of sp³-hybridized carbons (Fsp3) is 0.500. The third kappa shape index (κ3) is 3.95. The molecule has 2 aliphatic carbocycles. The molecule has 0 amide bonds. The molecular formula is C26H29N5S. The molecule has 6 rings (SSSR count). The highest BCUT2D eigenvalue weighted by Crippen LogP contribution is 2.43. The minimum Gasteiger partial charge on any atom is -0.348 e. The van der Waals surface area contributed by atoms with E-state index in [-0.39, 0.29) is 0 Å². The maximum Gasteiger partial charge on any atom is 0.186 e. The van der Waals surface area contributed by atoms with Gasteiger partial charge < -0.3 is 4.90 Å². The van der Waals surface area contributed by atoms with Crippen LogP contribution in [0.5, 0.6) is 0 Å². The van der Waals surface area contributed by atoms with Crippen LogP contribution in [0.4, 0.5) is 5.13 Å². The number of hydrogen-bond acceptors (Lipinski definition) is 5. The van der Waals surface area contributed by atoms with E-state index in [1.54, 1.807) is 11.3 Å². The lowest BCUT2D eigenvalue weighted by molar-refractivity contribution is 0.378. The van der Waals surface area contributed by atoms with Crippen LogP contribution in [0.3, 0.4) is 0 Å². The highest BCUT2D eigenvalue weighted by Gasteiger charge is 2.31. The Kier molecular flexibility index (Phi) is 5.23. The summed E-state index contributed by atoms with van der Waals surface area (Å²) >= 11 is 1.81. The van der Waals surface area contributed by atoms with Crippen molar-refractivity contribution < 1.29 is 0 Å². The zero-order valence-corrected chi connectivity index (χ0v) is 19.2. The van der Waals surface area contributed by atoms with Gasteiger partial charge in [0.15, 0.2) is 5.13 Å². The Bertz CT molecular complexity index is 1120. The first-order chi connectivity index (χ1) is 15.8. The van der Waals surface area contributed by atoms with Gasteiger partial charge in [0.1, 0.15) is 0 Å². The van der Waals surface area contributed by atoms with Crippen LogP contribution >= 0.6 is 11.3 Å². The molecule has 0 unspecified atom stereocenters. The molecule has 0 radical (unpaired) electrons. The number of aromatic nitrogens is 3. The number of nitrogens with zero attached hydrogens (tertiary/aromatic N) is 5. The van der Waals surface area contributed by atoms with Gasteiger partial charge in [-0.05, 0) is 55.6 Å². The van der Waals surface area contributed by atoms with Gasteiger partial charge in [-0.1, -0.05) is 42.7 Å². The zero-order chi connectivity index (χ0) is 21.5. The number of fused-ring (bicyclic) bond motifs is 1. The van der Waals surface area contributed by atoms with Crippen molar-refractivity contribution in [1.82, 2.24) is 14.8 Å². The minimum atomic E-state index is 0.682. The third-order valence-electron chi connectivity index (χ3n) is 7.57. The second kappa shape index (κ2) is 8.37. The second-order valence-corrected chi connectivity index (χ2v) is 10.8. The van der Waals surface area contributed by atoms with Gasteiger partial charge >= 0.3 is 0 Å². The quantitative estimate of drug-likeness (QED) is 0.487. The molecule has 32 heavy (non-hydrogen) atoms. The van der Waals surface area contributed by atoms with Gasteiger partial charge in [-0.25, -0.2) is 4.98 Å².